The fraction of sp³-hybridized carbons (Fsp3) is 1.00. The molecule has 2 unspecified atom stereocenters. The van der Waals surface area contributed by atoms with Crippen molar-refractivity contribution >= 4 is 0 Å². The van der Waals surface area contributed by atoms with E-state index < -0.39 is 0 Å². The van der Waals surface area contributed by atoms with Crippen molar-refractivity contribution in [2.45, 2.75) is 76.8 Å². The molecule has 0 aromatic rings. The average molecular weight is 238 g/mol. The van der Waals surface area contributed by atoms with E-state index in [1.807, 2.05) is 0 Å². The molecule has 0 aromatic heterocycles. The molecular formula is C15H30N2. The fourth-order valence-corrected chi connectivity index (χ4v) is 3.95. The highest BCUT2D eigenvalue weighted by Crippen LogP contribution is 2.32. The van der Waals surface area contributed by atoms with Crippen LogP contribution in [0.2, 0.25) is 0 Å². The summed E-state index contributed by atoms with van der Waals surface area (Å²) < 4.78 is 0. The fourth-order valence-electron chi connectivity index (χ4n) is 3.95. The predicted molar refractivity (Wildman–Crippen MR) is 74.1 cm³/mol. The molecule has 1 saturated carbocycles. The maximum atomic E-state index is 5.77. The Balaban J connectivity index is 1.92. The molecule has 1 saturated heterocycles. The maximum absolute atomic E-state index is 5.77. The lowest BCUT2D eigenvalue weighted by Gasteiger charge is -2.44. The molecule has 0 bridgehead atoms. The molecule has 0 radical (unpaired) electrons. The number of hydrogen-bond acceptors (Lipinski definition) is 2. The summed E-state index contributed by atoms with van der Waals surface area (Å²) in [4.78, 5) is 2.80. The van der Waals surface area contributed by atoms with E-state index in [-0.39, 0.29) is 0 Å². The maximum Gasteiger partial charge on any atom is 0.0110 e. The molecule has 100 valence electrons. The molecule has 1 aliphatic heterocycles. The number of hydrogen-bond donors (Lipinski definition) is 1. The molecule has 2 rings (SSSR count). The van der Waals surface area contributed by atoms with Crippen LogP contribution in [0.3, 0.4) is 0 Å². The van der Waals surface area contributed by atoms with Gasteiger partial charge >= 0.3 is 0 Å². The van der Waals surface area contributed by atoms with E-state index in [4.69, 9.17) is 5.73 Å². The molecule has 2 aliphatic rings. The summed E-state index contributed by atoms with van der Waals surface area (Å²) in [7, 11) is 0. The van der Waals surface area contributed by atoms with Crippen LogP contribution in [0.15, 0.2) is 0 Å². The van der Waals surface area contributed by atoms with Gasteiger partial charge in [0.1, 0.15) is 0 Å². The molecular weight excluding hydrogens is 208 g/mol. The van der Waals surface area contributed by atoms with Gasteiger partial charge in [-0.1, -0.05) is 25.7 Å². The van der Waals surface area contributed by atoms with E-state index in [1.165, 1.54) is 64.3 Å². The first kappa shape index (κ1) is 13.4. The summed E-state index contributed by atoms with van der Waals surface area (Å²) in [6.45, 7) is 4.66. The summed E-state index contributed by atoms with van der Waals surface area (Å²) in [5.41, 5.74) is 5.77. The third-order valence-corrected chi connectivity index (χ3v) is 5.03. The van der Waals surface area contributed by atoms with Crippen LogP contribution in [0.25, 0.3) is 0 Å². The molecule has 1 aliphatic carbocycles. The van der Waals surface area contributed by atoms with E-state index in [9.17, 15) is 0 Å². The summed E-state index contributed by atoms with van der Waals surface area (Å²) in [5.74, 6) is 0.960. The monoisotopic (exact) mass is 238 g/mol. The van der Waals surface area contributed by atoms with Crippen molar-refractivity contribution in [1.82, 2.24) is 4.90 Å². The van der Waals surface area contributed by atoms with Crippen molar-refractivity contribution in [3.05, 3.63) is 0 Å². The highest BCUT2D eigenvalue weighted by Gasteiger charge is 2.30. The number of piperidine rings is 1. The third kappa shape index (κ3) is 3.45. The number of rotatable bonds is 4. The van der Waals surface area contributed by atoms with E-state index in [2.05, 4.69) is 11.8 Å². The Labute approximate surface area is 107 Å². The van der Waals surface area contributed by atoms with Gasteiger partial charge in [-0.3, -0.25) is 4.90 Å². The summed E-state index contributed by atoms with van der Waals surface area (Å²) in [6, 6.07) is 1.58. The Morgan fingerprint density at radius 1 is 1.06 bits per heavy atom. The van der Waals surface area contributed by atoms with Gasteiger partial charge in [-0.05, 0) is 58.0 Å². The number of nitrogens with two attached hydrogens (primary N) is 1. The van der Waals surface area contributed by atoms with Crippen LogP contribution in [-0.2, 0) is 0 Å². The molecule has 2 atom stereocenters. The van der Waals surface area contributed by atoms with Gasteiger partial charge in [-0.15, -0.1) is 0 Å². The van der Waals surface area contributed by atoms with Crippen molar-refractivity contribution in [3.63, 3.8) is 0 Å². The smallest absolute Gasteiger partial charge is 0.0110 e. The predicted octanol–water partition coefficient (Wildman–Crippen LogP) is 3.16. The van der Waals surface area contributed by atoms with E-state index in [0.717, 1.165) is 24.5 Å². The van der Waals surface area contributed by atoms with Crippen LogP contribution in [0.4, 0.5) is 0 Å². The Morgan fingerprint density at radius 2 is 1.76 bits per heavy atom. The zero-order valence-corrected chi connectivity index (χ0v) is 11.5. The van der Waals surface area contributed by atoms with Crippen LogP contribution in [0.5, 0.6) is 0 Å². The van der Waals surface area contributed by atoms with E-state index in [1.54, 1.807) is 0 Å². The first-order chi connectivity index (χ1) is 8.33. The van der Waals surface area contributed by atoms with Crippen molar-refractivity contribution in [2.75, 3.05) is 13.1 Å². The molecule has 0 spiro atoms. The highest BCUT2D eigenvalue weighted by atomic mass is 15.2. The first-order valence-electron chi connectivity index (χ1n) is 7.78. The van der Waals surface area contributed by atoms with Crippen LogP contribution >= 0.6 is 0 Å². The topological polar surface area (TPSA) is 29.3 Å². The largest absolute Gasteiger partial charge is 0.330 e. The molecule has 2 heteroatoms. The van der Waals surface area contributed by atoms with Crippen LogP contribution < -0.4 is 5.73 Å². The van der Waals surface area contributed by atoms with Gasteiger partial charge < -0.3 is 5.73 Å². The van der Waals surface area contributed by atoms with Crippen LogP contribution in [0, 0.1) is 5.92 Å². The van der Waals surface area contributed by atoms with Gasteiger partial charge in [-0.25, -0.2) is 0 Å². The minimum atomic E-state index is 0.783. The van der Waals surface area contributed by atoms with Crippen molar-refractivity contribution in [2.24, 2.45) is 11.7 Å². The summed E-state index contributed by atoms with van der Waals surface area (Å²) in [5, 5.41) is 0. The molecule has 2 nitrogen and oxygen atoms in total. The van der Waals surface area contributed by atoms with Gasteiger partial charge in [0, 0.05) is 12.1 Å². The second-order valence-electron chi connectivity index (χ2n) is 6.10. The van der Waals surface area contributed by atoms with Gasteiger partial charge in [0.25, 0.3) is 0 Å². The number of nitrogens with zero attached hydrogens (tertiary/aromatic N) is 1. The van der Waals surface area contributed by atoms with Crippen molar-refractivity contribution < 1.29 is 0 Å². The Kier molecular flexibility index (Phi) is 5.30. The standard InChI is InChI=1S/C15H30N2/c1-13(14-7-3-2-4-8-14)17-12-6-5-9-15(17)10-11-16/h13-15H,2-12,16H2,1H3. The SMILES string of the molecule is CC(C1CCCCC1)N1CCCCC1CCN. The van der Waals surface area contributed by atoms with Gasteiger partial charge in [0.15, 0.2) is 0 Å². The quantitative estimate of drug-likeness (QED) is 0.815. The summed E-state index contributed by atoms with van der Waals surface area (Å²) in [6.07, 6.45) is 12.7. The first-order valence-corrected chi connectivity index (χ1v) is 7.78. The van der Waals surface area contributed by atoms with Gasteiger partial charge in [0.05, 0.1) is 0 Å². The van der Waals surface area contributed by atoms with Gasteiger partial charge in [-0.2, -0.15) is 0 Å². The third-order valence-electron chi connectivity index (χ3n) is 5.03. The van der Waals surface area contributed by atoms with Gasteiger partial charge in [0.2, 0.25) is 0 Å². The summed E-state index contributed by atoms with van der Waals surface area (Å²) >= 11 is 0. The van der Waals surface area contributed by atoms with E-state index >= 15 is 0 Å². The van der Waals surface area contributed by atoms with Crippen LogP contribution in [0.1, 0.15) is 64.7 Å². The zero-order valence-electron chi connectivity index (χ0n) is 11.5. The normalized spacial score (nSPS) is 30.4. The molecule has 17 heavy (non-hydrogen) atoms. The van der Waals surface area contributed by atoms with Crippen molar-refractivity contribution in [3.8, 4) is 0 Å². The molecule has 0 aromatic carbocycles. The Bertz CT molecular complexity index is 209. The average Bonchev–Trinajstić information content (AvgIpc) is 2.40. The van der Waals surface area contributed by atoms with E-state index in [0.29, 0.717) is 0 Å². The lowest BCUT2D eigenvalue weighted by Crippen LogP contribution is -2.49. The Hall–Kier alpha value is -0.0800. The highest BCUT2D eigenvalue weighted by molar-refractivity contribution is 4.85. The second kappa shape index (κ2) is 6.75. The van der Waals surface area contributed by atoms with Crippen molar-refractivity contribution in [1.29, 1.82) is 0 Å². The molecule has 1 heterocycles. The molecule has 2 fully saturated rings. The molecule has 0 amide bonds. The van der Waals surface area contributed by atoms with Crippen LogP contribution in [-0.4, -0.2) is 30.1 Å². The number of likely N-dealkylation sites (tertiary alicyclic amines) is 1. The second-order valence-corrected chi connectivity index (χ2v) is 6.10. The molecule has 2 N–H and O–H groups in total. The zero-order chi connectivity index (χ0) is 12.1. The Morgan fingerprint density at radius 3 is 2.47 bits per heavy atom. The minimum Gasteiger partial charge on any atom is -0.330 e. The lowest BCUT2D eigenvalue weighted by atomic mass is 9.82. The lowest BCUT2D eigenvalue weighted by molar-refractivity contribution is 0.0552. The minimum absolute atomic E-state index is 0.783.